The molecule has 1 aromatic rings. The van der Waals surface area contributed by atoms with Gasteiger partial charge in [0.25, 0.3) is 0 Å². The van der Waals surface area contributed by atoms with Crippen molar-refractivity contribution >= 4 is 0 Å². The van der Waals surface area contributed by atoms with Gasteiger partial charge in [-0.25, -0.2) is 0 Å². The van der Waals surface area contributed by atoms with Crippen molar-refractivity contribution < 1.29 is 0 Å². The monoisotopic (exact) mass is 238 g/mol. The van der Waals surface area contributed by atoms with E-state index in [2.05, 4.69) is 31.6 Å². The normalized spacial score (nSPS) is 24.0. The summed E-state index contributed by atoms with van der Waals surface area (Å²) < 4.78 is 0. The largest absolute Gasteiger partial charge is 0.192 e. The maximum Gasteiger partial charge on any atom is 0.0991 e. The molecular weight excluding hydrogens is 218 g/mol. The Labute approximate surface area is 110 Å². The van der Waals surface area contributed by atoms with Crippen LogP contribution in [0, 0.1) is 29.6 Å². The van der Waals surface area contributed by atoms with Crippen molar-refractivity contribution in [3.05, 3.63) is 54.0 Å². The van der Waals surface area contributed by atoms with Crippen LogP contribution in [0.3, 0.4) is 0 Å². The zero-order valence-electron chi connectivity index (χ0n) is 11.0. The van der Waals surface area contributed by atoms with E-state index in [1.807, 2.05) is 24.3 Å². The summed E-state index contributed by atoms with van der Waals surface area (Å²) in [5, 5.41) is 8.72. The first-order valence-corrected chi connectivity index (χ1v) is 6.79. The van der Waals surface area contributed by atoms with Gasteiger partial charge >= 0.3 is 0 Å². The van der Waals surface area contributed by atoms with Crippen LogP contribution in [0.25, 0.3) is 0 Å². The summed E-state index contributed by atoms with van der Waals surface area (Å²) >= 11 is 0. The molecule has 0 atom stereocenters. The van der Waals surface area contributed by atoms with E-state index in [0.717, 1.165) is 23.0 Å². The van der Waals surface area contributed by atoms with Crippen molar-refractivity contribution in [2.75, 3.05) is 0 Å². The van der Waals surface area contributed by atoms with Crippen LogP contribution >= 0.6 is 0 Å². The summed E-state index contributed by atoms with van der Waals surface area (Å²) in [6.07, 6.45) is 12.0. The highest BCUT2D eigenvalue weighted by Crippen LogP contribution is 2.29. The van der Waals surface area contributed by atoms with Gasteiger partial charge in [-0.05, 0) is 42.4 Å². The summed E-state index contributed by atoms with van der Waals surface area (Å²) in [6, 6.07) is 9.84. The summed E-state index contributed by atoms with van der Waals surface area (Å²) in [6.45, 7) is 2.35. The lowest BCUT2D eigenvalue weighted by molar-refractivity contribution is 0.330. The minimum Gasteiger partial charge on any atom is -0.192 e. The van der Waals surface area contributed by atoms with E-state index in [-0.39, 0.29) is 0 Å². The second kappa shape index (κ2) is 6.40. The van der Waals surface area contributed by atoms with Crippen LogP contribution in [0.4, 0.5) is 0 Å². The lowest BCUT2D eigenvalue weighted by Crippen LogP contribution is -2.09. The third-order valence-electron chi connectivity index (χ3n) is 3.77. The molecule has 0 unspecified atom stereocenters. The summed E-state index contributed by atoms with van der Waals surface area (Å²) in [7, 11) is 0. The SMILES string of the molecule is C[C@H]1CC[C@H](/C=C/[CH]c2ccc(C#N)cc2)CC1. The molecule has 0 aromatic heterocycles. The second-order valence-electron chi connectivity index (χ2n) is 5.31. The number of allylic oxidation sites excluding steroid dienone is 2. The summed E-state index contributed by atoms with van der Waals surface area (Å²) in [5.74, 6) is 1.67. The third-order valence-corrected chi connectivity index (χ3v) is 3.77. The number of nitrogens with zero attached hydrogens (tertiary/aromatic N) is 1. The lowest BCUT2D eigenvalue weighted by Gasteiger charge is -2.23. The maximum atomic E-state index is 8.72. The Bertz CT molecular complexity index is 428. The predicted molar refractivity (Wildman–Crippen MR) is 74.8 cm³/mol. The molecule has 1 fully saturated rings. The standard InChI is InChI=1S/C17H20N/c1-14-5-7-15(8-6-14)3-2-4-16-9-11-17(13-18)12-10-16/h2-4,9-12,14-15H,5-8H2,1H3/b3-2+/t14-,15-. The van der Waals surface area contributed by atoms with Crippen LogP contribution in [0.2, 0.25) is 0 Å². The third kappa shape index (κ3) is 3.74. The van der Waals surface area contributed by atoms with Crippen molar-refractivity contribution in [2.24, 2.45) is 11.8 Å². The molecule has 0 heterocycles. The molecule has 1 saturated carbocycles. The van der Waals surface area contributed by atoms with E-state index in [4.69, 9.17) is 5.26 Å². The van der Waals surface area contributed by atoms with E-state index in [0.29, 0.717) is 0 Å². The Balaban J connectivity index is 1.81. The first-order chi connectivity index (χ1) is 8.78. The fourth-order valence-electron chi connectivity index (χ4n) is 2.47. The molecular formula is C17H20N. The minimum atomic E-state index is 0.720. The molecule has 0 amide bonds. The van der Waals surface area contributed by atoms with E-state index >= 15 is 0 Å². The number of nitriles is 1. The molecule has 1 radical (unpaired) electrons. The molecule has 0 spiro atoms. The van der Waals surface area contributed by atoms with Gasteiger partial charge < -0.3 is 0 Å². The van der Waals surface area contributed by atoms with Gasteiger partial charge in [-0.2, -0.15) is 5.26 Å². The van der Waals surface area contributed by atoms with Crippen molar-refractivity contribution in [2.45, 2.75) is 32.6 Å². The van der Waals surface area contributed by atoms with Crippen molar-refractivity contribution in [3.8, 4) is 6.07 Å². The van der Waals surface area contributed by atoms with Crippen molar-refractivity contribution in [3.63, 3.8) is 0 Å². The number of hydrogen-bond donors (Lipinski definition) is 0. The fourth-order valence-corrected chi connectivity index (χ4v) is 2.47. The van der Waals surface area contributed by atoms with Crippen molar-refractivity contribution in [1.29, 1.82) is 5.26 Å². The Kier molecular flexibility index (Phi) is 4.59. The molecule has 2 rings (SSSR count). The number of rotatable bonds is 3. The zero-order chi connectivity index (χ0) is 12.8. The molecule has 0 aliphatic heterocycles. The van der Waals surface area contributed by atoms with Gasteiger partial charge in [0.1, 0.15) is 0 Å². The highest BCUT2D eigenvalue weighted by atomic mass is 14.2. The van der Waals surface area contributed by atoms with E-state index in [1.165, 1.54) is 25.7 Å². The highest BCUT2D eigenvalue weighted by molar-refractivity contribution is 5.36. The summed E-state index contributed by atoms with van der Waals surface area (Å²) in [5.41, 5.74) is 1.88. The van der Waals surface area contributed by atoms with Gasteiger partial charge in [0.05, 0.1) is 11.6 Å². The quantitative estimate of drug-likeness (QED) is 0.761. The Morgan fingerprint density at radius 2 is 1.78 bits per heavy atom. The van der Waals surface area contributed by atoms with Gasteiger partial charge in [-0.15, -0.1) is 0 Å². The Morgan fingerprint density at radius 1 is 1.11 bits per heavy atom. The smallest absolute Gasteiger partial charge is 0.0991 e. The Morgan fingerprint density at radius 3 is 2.39 bits per heavy atom. The van der Waals surface area contributed by atoms with Crippen LogP contribution in [-0.4, -0.2) is 0 Å². The van der Waals surface area contributed by atoms with Crippen LogP contribution in [0.1, 0.15) is 43.7 Å². The Hall–Kier alpha value is -1.55. The van der Waals surface area contributed by atoms with Gasteiger partial charge in [0.2, 0.25) is 0 Å². The van der Waals surface area contributed by atoms with E-state index < -0.39 is 0 Å². The average molecular weight is 238 g/mol. The highest BCUT2D eigenvalue weighted by Gasteiger charge is 2.15. The van der Waals surface area contributed by atoms with Gasteiger partial charge in [-0.3, -0.25) is 0 Å². The molecule has 0 N–H and O–H groups in total. The summed E-state index contributed by atoms with van der Waals surface area (Å²) in [4.78, 5) is 0. The first-order valence-electron chi connectivity index (χ1n) is 6.79. The fraction of sp³-hybridized carbons (Fsp3) is 0.412. The van der Waals surface area contributed by atoms with E-state index in [1.54, 1.807) is 0 Å². The molecule has 1 aliphatic rings. The number of benzene rings is 1. The topological polar surface area (TPSA) is 23.8 Å². The molecule has 0 saturated heterocycles. The van der Waals surface area contributed by atoms with Crippen molar-refractivity contribution in [1.82, 2.24) is 0 Å². The molecule has 1 aromatic carbocycles. The van der Waals surface area contributed by atoms with Crippen LogP contribution in [-0.2, 0) is 0 Å². The first kappa shape index (κ1) is 12.9. The molecule has 93 valence electrons. The van der Waals surface area contributed by atoms with Crippen LogP contribution in [0.15, 0.2) is 36.4 Å². The van der Waals surface area contributed by atoms with Crippen LogP contribution < -0.4 is 0 Å². The molecule has 0 bridgehead atoms. The molecule has 1 aliphatic carbocycles. The van der Waals surface area contributed by atoms with Gasteiger partial charge in [-0.1, -0.05) is 44.1 Å². The predicted octanol–water partition coefficient (Wildman–Crippen LogP) is 4.49. The molecule has 1 nitrogen and oxygen atoms in total. The number of hydrogen-bond acceptors (Lipinski definition) is 1. The van der Waals surface area contributed by atoms with Crippen LogP contribution in [0.5, 0.6) is 0 Å². The molecule has 1 heteroatoms. The second-order valence-corrected chi connectivity index (χ2v) is 5.31. The minimum absolute atomic E-state index is 0.720. The lowest BCUT2D eigenvalue weighted by atomic mass is 9.83. The molecule has 18 heavy (non-hydrogen) atoms. The maximum absolute atomic E-state index is 8.72. The average Bonchev–Trinajstić information content (AvgIpc) is 2.42. The van der Waals surface area contributed by atoms with E-state index in [9.17, 15) is 0 Å². The van der Waals surface area contributed by atoms with Gasteiger partial charge in [0.15, 0.2) is 0 Å². The van der Waals surface area contributed by atoms with Gasteiger partial charge in [0, 0.05) is 6.42 Å². The zero-order valence-corrected chi connectivity index (χ0v) is 11.0.